The van der Waals surface area contributed by atoms with E-state index in [2.05, 4.69) is 144 Å². The van der Waals surface area contributed by atoms with Crippen molar-refractivity contribution in [1.82, 2.24) is 0 Å². The normalized spacial score (nSPS) is 11.9. The molecule has 0 unspecified atom stereocenters. The molecule has 1 aliphatic carbocycles. The summed E-state index contributed by atoms with van der Waals surface area (Å²) in [6.07, 6.45) is 14.5. The second-order valence-corrected chi connectivity index (χ2v) is 13.2. The van der Waals surface area contributed by atoms with E-state index in [9.17, 15) is 0 Å². The van der Waals surface area contributed by atoms with Gasteiger partial charge in [0.05, 0.1) is 0 Å². The number of halogens is 2. The summed E-state index contributed by atoms with van der Waals surface area (Å²) in [7, 11) is 0. The van der Waals surface area contributed by atoms with Crippen molar-refractivity contribution in [3.05, 3.63) is 148 Å². The zero-order valence-corrected chi connectivity index (χ0v) is 32.9. The van der Waals surface area contributed by atoms with Crippen LogP contribution in [0.1, 0.15) is 102 Å². The fourth-order valence-corrected chi connectivity index (χ4v) is 7.00. The van der Waals surface area contributed by atoms with Gasteiger partial charge in [0, 0.05) is 0 Å². The first-order valence-corrected chi connectivity index (χ1v) is 18.4. The van der Waals surface area contributed by atoms with Gasteiger partial charge in [0.1, 0.15) is 0 Å². The molecule has 0 fully saturated rings. The molecule has 246 valence electrons. The average Bonchev–Trinajstić information content (AvgIpc) is 3.65. The molecule has 0 aromatic heterocycles. The molecule has 0 heterocycles. The summed E-state index contributed by atoms with van der Waals surface area (Å²) in [4.78, 5) is 0. The van der Waals surface area contributed by atoms with Gasteiger partial charge in [0.2, 0.25) is 0 Å². The Kier molecular flexibility index (Phi) is 18.6. The Morgan fingerprint density at radius 1 is 0.617 bits per heavy atom. The van der Waals surface area contributed by atoms with Gasteiger partial charge in [-0.1, -0.05) is 102 Å². The van der Waals surface area contributed by atoms with Crippen LogP contribution in [0, 0.1) is 6.08 Å². The van der Waals surface area contributed by atoms with Gasteiger partial charge in [0.25, 0.3) is 0 Å². The van der Waals surface area contributed by atoms with Gasteiger partial charge in [-0.05, 0) is 19.3 Å². The van der Waals surface area contributed by atoms with Crippen LogP contribution in [-0.2, 0) is 37.1 Å². The molecule has 1 aliphatic rings. The molecule has 0 saturated carbocycles. The molecule has 5 aromatic rings. The predicted octanol–water partition coefficient (Wildman–Crippen LogP) is 6.46. The molecule has 3 heteroatoms. The molecule has 0 bridgehead atoms. The third-order valence-corrected chi connectivity index (χ3v) is 10.1. The third-order valence-electron chi connectivity index (χ3n) is 8.63. The summed E-state index contributed by atoms with van der Waals surface area (Å²) < 4.78 is 1.42. The van der Waals surface area contributed by atoms with E-state index in [0.717, 1.165) is 19.3 Å². The standard InChI is InChI=1S/C17H17.C14H23.C13H10.2ClH.Zr/c1-3-12-5-7-16-14(9-12)11-15-10-13(4-2)6-8-17(15)16;1-4-7-12-10-11-13(8-5-2)14(12)9-6-3;1-3-7-12(8-4-1)11-13-9-5-2-6-10-13;;;/h5-11H,3-4H2,1-2H3;4-10H2,1-3H3;1-10H;2*1H;/q2*-1;;;;+2/p-2. The van der Waals surface area contributed by atoms with Gasteiger partial charge in [-0.15, -0.1) is 46.2 Å². The molecule has 0 nitrogen and oxygen atoms in total. The van der Waals surface area contributed by atoms with Crippen LogP contribution < -0.4 is 24.8 Å². The van der Waals surface area contributed by atoms with Crippen molar-refractivity contribution >= 4 is 24.8 Å². The van der Waals surface area contributed by atoms with Crippen molar-refractivity contribution in [1.29, 1.82) is 0 Å². The molecule has 0 radical (unpaired) electrons. The summed E-state index contributed by atoms with van der Waals surface area (Å²) in [5.41, 5.74) is 10.4. The fraction of sp³-hybridized carbons (Fsp3) is 0.318. The zero-order chi connectivity index (χ0) is 32.0. The topological polar surface area (TPSA) is 0 Å². The minimum atomic E-state index is 0. The summed E-state index contributed by atoms with van der Waals surface area (Å²) in [5, 5.41) is 5.54. The summed E-state index contributed by atoms with van der Waals surface area (Å²) in [6, 6.07) is 37.1. The van der Waals surface area contributed by atoms with Crippen LogP contribution >= 0.6 is 0 Å². The van der Waals surface area contributed by atoms with Crippen molar-refractivity contribution < 1.29 is 49.0 Å². The van der Waals surface area contributed by atoms with Crippen LogP contribution in [0.15, 0.2) is 120 Å². The molecule has 6 rings (SSSR count). The number of fused-ring (bicyclic) bond motifs is 3. The molecule has 0 saturated heterocycles. The zero-order valence-electron chi connectivity index (χ0n) is 28.9. The molecule has 0 amide bonds. The van der Waals surface area contributed by atoms with Gasteiger partial charge in [-0.3, -0.25) is 6.08 Å². The first kappa shape index (κ1) is 40.7. The van der Waals surface area contributed by atoms with E-state index in [0.29, 0.717) is 0 Å². The molecular weight excluding hydrogens is 691 g/mol. The number of aryl methyl sites for hydroxylation is 2. The van der Waals surface area contributed by atoms with E-state index in [1.807, 2.05) is 0 Å². The Balaban J connectivity index is 0.000000242. The quantitative estimate of drug-likeness (QED) is 0.144. The van der Waals surface area contributed by atoms with E-state index in [4.69, 9.17) is 0 Å². The van der Waals surface area contributed by atoms with Crippen LogP contribution in [0.5, 0.6) is 0 Å². The average molecular weight is 741 g/mol. The molecule has 0 spiro atoms. The molecule has 0 atom stereocenters. The number of hydrogen-bond donors (Lipinski definition) is 0. The Bertz CT molecular complexity index is 1630. The molecule has 0 aliphatic heterocycles. The number of hydrogen-bond acceptors (Lipinski definition) is 0. The van der Waals surface area contributed by atoms with Gasteiger partial charge in [-0.25, -0.2) is 5.57 Å². The van der Waals surface area contributed by atoms with Crippen LogP contribution in [0.25, 0.3) is 21.5 Å². The predicted molar refractivity (Wildman–Crippen MR) is 195 cm³/mol. The third kappa shape index (κ3) is 11.3. The van der Waals surface area contributed by atoms with E-state index >= 15 is 0 Å². The van der Waals surface area contributed by atoms with Crippen molar-refractivity contribution in [2.24, 2.45) is 0 Å². The van der Waals surface area contributed by atoms with Gasteiger partial charge >= 0.3 is 99.2 Å². The van der Waals surface area contributed by atoms with Crippen molar-refractivity contribution in [3.8, 4) is 0 Å². The van der Waals surface area contributed by atoms with Crippen LogP contribution in [0.2, 0.25) is 0 Å². The van der Waals surface area contributed by atoms with Crippen molar-refractivity contribution in [2.45, 2.75) is 92.4 Å². The monoisotopic (exact) mass is 738 g/mol. The maximum absolute atomic E-state index is 3.57. The van der Waals surface area contributed by atoms with Gasteiger partial charge in [-0.2, -0.15) is 11.1 Å². The second-order valence-electron chi connectivity index (χ2n) is 12.0. The molecular formula is C44H50Cl2Zr-2. The summed E-state index contributed by atoms with van der Waals surface area (Å²) in [5.74, 6) is 0. The Labute approximate surface area is 312 Å². The van der Waals surface area contributed by atoms with E-state index in [1.165, 1.54) is 115 Å². The van der Waals surface area contributed by atoms with Crippen molar-refractivity contribution in [3.63, 3.8) is 0 Å². The van der Waals surface area contributed by atoms with E-state index in [1.54, 1.807) is 11.1 Å². The first-order valence-electron chi connectivity index (χ1n) is 17.1. The van der Waals surface area contributed by atoms with E-state index in [-0.39, 0.29) is 24.8 Å². The Hall–Kier alpha value is -2.44. The number of benzene rings is 4. The van der Waals surface area contributed by atoms with Crippen molar-refractivity contribution in [2.75, 3.05) is 0 Å². The molecule has 0 N–H and O–H groups in total. The summed E-state index contributed by atoms with van der Waals surface area (Å²) >= 11 is 1.46. The first-order chi connectivity index (χ1) is 22.0. The second kappa shape index (κ2) is 21.5. The Morgan fingerprint density at radius 2 is 1.09 bits per heavy atom. The van der Waals surface area contributed by atoms with Gasteiger partial charge < -0.3 is 24.8 Å². The van der Waals surface area contributed by atoms with Crippen LogP contribution in [-0.4, -0.2) is 3.21 Å². The maximum atomic E-state index is 3.57. The Morgan fingerprint density at radius 3 is 1.51 bits per heavy atom. The van der Waals surface area contributed by atoms with Crippen LogP contribution in [0.3, 0.4) is 0 Å². The molecule has 47 heavy (non-hydrogen) atoms. The minimum absolute atomic E-state index is 0. The number of rotatable bonds is 10. The van der Waals surface area contributed by atoms with Gasteiger partial charge in [0.15, 0.2) is 0 Å². The van der Waals surface area contributed by atoms with Crippen LogP contribution in [0.4, 0.5) is 0 Å². The molecule has 5 aromatic carbocycles. The SMILES string of the molecule is CCCC1=[C-]CC(CCC)=C1CCC.CCc1ccc2c(c1)[cH-]c1cc(CC)ccc12.[Cl-].[Cl-].[Zr+2]=[C](c1ccccc1)c1ccccc1. The number of allylic oxidation sites excluding steroid dienone is 4. The summed E-state index contributed by atoms with van der Waals surface area (Å²) in [6.45, 7) is 11.2. The van der Waals surface area contributed by atoms with E-state index < -0.39 is 0 Å². The fourth-order valence-electron chi connectivity index (χ4n) is 6.19.